The van der Waals surface area contributed by atoms with Crippen LogP contribution in [-0.4, -0.2) is 18.1 Å². The Bertz CT molecular complexity index is 539. The topological polar surface area (TPSA) is 48.7 Å². The molecule has 0 radical (unpaired) electrons. The smallest absolute Gasteiger partial charge is 0.101 e. The van der Waals surface area contributed by atoms with Crippen molar-refractivity contribution in [2.45, 2.75) is 19.8 Å². The Morgan fingerprint density at radius 2 is 2.33 bits per heavy atom. The number of aryl methyl sites for hydroxylation is 1. The number of hydrogen-bond acceptors (Lipinski definition) is 3. The van der Waals surface area contributed by atoms with Crippen molar-refractivity contribution >= 4 is 5.57 Å². The summed E-state index contributed by atoms with van der Waals surface area (Å²) in [6.45, 7) is 4.08. The molecule has 0 unspecified atom stereocenters. The van der Waals surface area contributed by atoms with Crippen LogP contribution in [0.25, 0.3) is 5.57 Å². The molecule has 0 saturated carbocycles. The second-order valence-electron chi connectivity index (χ2n) is 5.23. The van der Waals surface area contributed by atoms with Crippen LogP contribution in [0.3, 0.4) is 0 Å². The van der Waals surface area contributed by atoms with E-state index in [-0.39, 0.29) is 0 Å². The van der Waals surface area contributed by atoms with Gasteiger partial charge in [-0.15, -0.1) is 0 Å². The van der Waals surface area contributed by atoms with Gasteiger partial charge in [-0.3, -0.25) is 4.98 Å². The minimum Gasteiger partial charge on any atom is -0.316 e. The van der Waals surface area contributed by atoms with Crippen molar-refractivity contribution in [3.63, 3.8) is 0 Å². The molecule has 0 amide bonds. The van der Waals surface area contributed by atoms with E-state index in [9.17, 15) is 0 Å². The van der Waals surface area contributed by atoms with Gasteiger partial charge in [-0.05, 0) is 49.4 Å². The molecule has 1 aliphatic carbocycles. The molecule has 1 fully saturated rings. The molecule has 2 atom stereocenters. The van der Waals surface area contributed by atoms with E-state index in [0.717, 1.165) is 36.7 Å². The van der Waals surface area contributed by atoms with E-state index >= 15 is 0 Å². The first-order valence-corrected chi connectivity index (χ1v) is 6.57. The zero-order valence-electron chi connectivity index (χ0n) is 10.6. The fourth-order valence-corrected chi connectivity index (χ4v) is 3.14. The molecule has 92 valence electrons. The van der Waals surface area contributed by atoms with Crippen molar-refractivity contribution < 1.29 is 0 Å². The summed E-state index contributed by atoms with van der Waals surface area (Å²) in [5, 5.41) is 12.6. The molecule has 3 rings (SSSR count). The maximum atomic E-state index is 9.11. The molecular formula is C15H17N3. The van der Waals surface area contributed by atoms with Crippen molar-refractivity contribution in [2.75, 3.05) is 13.1 Å². The van der Waals surface area contributed by atoms with Crippen molar-refractivity contribution in [2.24, 2.45) is 11.8 Å². The van der Waals surface area contributed by atoms with Gasteiger partial charge in [0.2, 0.25) is 0 Å². The highest BCUT2D eigenvalue weighted by Gasteiger charge is 2.32. The Kier molecular flexibility index (Phi) is 2.89. The molecule has 0 bridgehead atoms. The molecule has 1 aromatic rings. The van der Waals surface area contributed by atoms with Gasteiger partial charge in [-0.1, -0.05) is 6.08 Å². The van der Waals surface area contributed by atoms with Crippen LogP contribution >= 0.6 is 0 Å². The molecular weight excluding hydrogens is 222 g/mol. The number of hydrogen-bond donors (Lipinski definition) is 1. The SMILES string of the molecule is Cc1ncc(C2=CCC[C@H]3CNC[C@@H]23)cc1C#N. The number of rotatable bonds is 1. The predicted molar refractivity (Wildman–Crippen MR) is 70.7 cm³/mol. The van der Waals surface area contributed by atoms with Gasteiger partial charge in [0.05, 0.1) is 11.3 Å². The monoisotopic (exact) mass is 239 g/mol. The summed E-state index contributed by atoms with van der Waals surface area (Å²) in [4.78, 5) is 4.36. The third-order valence-corrected chi connectivity index (χ3v) is 4.18. The second-order valence-corrected chi connectivity index (χ2v) is 5.23. The van der Waals surface area contributed by atoms with Crippen LogP contribution in [0.1, 0.15) is 29.7 Å². The lowest BCUT2D eigenvalue weighted by Gasteiger charge is -2.26. The minimum atomic E-state index is 0.606. The average Bonchev–Trinajstić information content (AvgIpc) is 2.87. The summed E-state index contributed by atoms with van der Waals surface area (Å²) in [6, 6.07) is 4.22. The first-order chi connectivity index (χ1) is 8.79. The van der Waals surface area contributed by atoms with Crippen LogP contribution in [-0.2, 0) is 0 Å². The lowest BCUT2D eigenvalue weighted by Crippen LogP contribution is -2.18. The number of pyridine rings is 1. The molecule has 2 aliphatic rings. The first-order valence-electron chi connectivity index (χ1n) is 6.57. The average molecular weight is 239 g/mol. The zero-order chi connectivity index (χ0) is 12.5. The quantitative estimate of drug-likeness (QED) is 0.818. The molecule has 3 heteroatoms. The summed E-state index contributed by atoms with van der Waals surface area (Å²) < 4.78 is 0. The third kappa shape index (κ3) is 1.83. The molecule has 1 saturated heterocycles. The molecule has 1 aliphatic heterocycles. The third-order valence-electron chi connectivity index (χ3n) is 4.18. The van der Waals surface area contributed by atoms with Gasteiger partial charge in [0.25, 0.3) is 0 Å². The van der Waals surface area contributed by atoms with E-state index in [1.54, 1.807) is 0 Å². The van der Waals surface area contributed by atoms with E-state index in [4.69, 9.17) is 5.26 Å². The molecule has 1 aromatic heterocycles. The van der Waals surface area contributed by atoms with Gasteiger partial charge in [0, 0.05) is 18.7 Å². The number of nitrogens with zero attached hydrogens (tertiary/aromatic N) is 2. The van der Waals surface area contributed by atoms with Crippen LogP contribution in [0.2, 0.25) is 0 Å². The Morgan fingerprint density at radius 3 is 3.17 bits per heavy atom. The van der Waals surface area contributed by atoms with Crippen LogP contribution in [0.4, 0.5) is 0 Å². The van der Waals surface area contributed by atoms with E-state index < -0.39 is 0 Å². The molecule has 0 aromatic carbocycles. The number of nitriles is 1. The molecule has 0 spiro atoms. The maximum Gasteiger partial charge on any atom is 0.101 e. The molecule has 18 heavy (non-hydrogen) atoms. The Balaban J connectivity index is 1.99. The summed E-state index contributed by atoms with van der Waals surface area (Å²) >= 11 is 0. The van der Waals surface area contributed by atoms with Gasteiger partial charge in [-0.2, -0.15) is 5.26 Å². The van der Waals surface area contributed by atoms with Gasteiger partial charge < -0.3 is 5.32 Å². The molecule has 1 N–H and O–H groups in total. The number of fused-ring (bicyclic) bond motifs is 1. The zero-order valence-corrected chi connectivity index (χ0v) is 10.6. The summed E-state index contributed by atoms with van der Waals surface area (Å²) in [7, 11) is 0. The van der Waals surface area contributed by atoms with Crippen molar-refractivity contribution in [3.05, 3.63) is 35.2 Å². The van der Waals surface area contributed by atoms with Gasteiger partial charge in [-0.25, -0.2) is 0 Å². The van der Waals surface area contributed by atoms with Gasteiger partial charge >= 0.3 is 0 Å². The number of nitrogens with one attached hydrogen (secondary N) is 1. The normalized spacial score (nSPS) is 26.3. The van der Waals surface area contributed by atoms with Crippen molar-refractivity contribution in [1.82, 2.24) is 10.3 Å². The lowest BCUT2D eigenvalue weighted by atomic mass is 9.78. The Morgan fingerprint density at radius 1 is 1.44 bits per heavy atom. The molecule has 2 heterocycles. The highest BCUT2D eigenvalue weighted by atomic mass is 14.9. The van der Waals surface area contributed by atoms with E-state index in [0.29, 0.717) is 11.5 Å². The largest absolute Gasteiger partial charge is 0.316 e. The highest BCUT2D eigenvalue weighted by molar-refractivity contribution is 5.69. The lowest BCUT2D eigenvalue weighted by molar-refractivity contribution is 0.454. The van der Waals surface area contributed by atoms with E-state index in [2.05, 4.69) is 22.4 Å². The fourth-order valence-electron chi connectivity index (χ4n) is 3.14. The van der Waals surface area contributed by atoms with E-state index in [1.165, 1.54) is 12.0 Å². The number of allylic oxidation sites excluding steroid dienone is 1. The van der Waals surface area contributed by atoms with Crippen LogP contribution < -0.4 is 5.32 Å². The first kappa shape index (κ1) is 11.4. The van der Waals surface area contributed by atoms with Gasteiger partial charge in [0.15, 0.2) is 0 Å². The van der Waals surface area contributed by atoms with Crippen molar-refractivity contribution in [1.29, 1.82) is 5.26 Å². The Labute approximate surface area is 108 Å². The predicted octanol–water partition coefficient (Wildman–Crippen LogP) is 2.27. The van der Waals surface area contributed by atoms with Gasteiger partial charge in [0.1, 0.15) is 6.07 Å². The van der Waals surface area contributed by atoms with Crippen LogP contribution in [0, 0.1) is 30.1 Å². The van der Waals surface area contributed by atoms with Crippen LogP contribution in [0.15, 0.2) is 18.3 Å². The highest BCUT2D eigenvalue weighted by Crippen LogP contribution is 2.38. The summed E-state index contributed by atoms with van der Waals surface area (Å²) in [6.07, 6.45) is 6.68. The van der Waals surface area contributed by atoms with Crippen LogP contribution in [0.5, 0.6) is 0 Å². The number of aromatic nitrogens is 1. The second kappa shape index (κ2) is 4.55. The maximum absolute atomic E-state index is 9.11. The van der Waals surface area contributed by atoms with E-state index in [1.807, 2.05) is 19.2 Å². The minimum absolute atomic E-state index is 0.606. The summed E-state index contributed by atoms with van der Waals surface area (Å²) in [5.74, 6) is 1.37. The Hall–Kier alpha value is -1.66. The standard InChI is InChI=1S/C15H17N3/c1-10-12(6-16)5-13(8-18-10)14-4-2-3-11-7-17-9-15(11)14/h4-5,8,11,15,17H,2-3,7,9H2,1H3/t11-,15+/m0/s1. The van der Waals surface area contributed by atoms with Crippen molar-refractivity contribution in [3.8, 4) is 6.07 Å². The molecule has 3 nitrogen and oxygen atoms in total. The fraction of sp³-hybridized carbons (Fsp3) is 0.467. The summed E-state index contributed by atoms with van der Waals surface area (Å²) in [5.41, 5.74) is 4.04.